The highest BCUT2D eigenvalue weighted by Crippen LogP contribution is 2.21. The summed E-state index contributed by atoms with van der Waals surface area (Å²) in [6, 6.07) is 16.8. The van der Waals surface area contributed by atoms with Crippen LogP contribution < -0.4 is 10.6 Å². The SMILES string of the molecule is NN1CCN=C1c1ccc(Cc2ccc(OC3CCCCO3)cc2)cc1. The van der Waals surface area contributed by atoms with E-state index in [2.05, 4.69) is 41.4 Å². The predicted molar refractivity (Wildman–Crippen MR) is 102 cm³/mol. The van der Waals surface area contributed by atoms with Crippen molar-refractivity contribution in [3.8, 4) is 5.75 Å². The molecule has 2 aliphatic heterocycles. The van der Waals surface area contributed by atoms with Gasteiger partial charge >= 0.3 is 0 Å². The van der Waals surface area contributed by atoms with Gasteiger partial charge in [-0.25, -0.2) is 5.84 Å². The summed E-state index contributed by atoms with van der Waals surface area (Å²) in [7, 11) is 0. The molecule has 5 nitrogen and oxygen atoms in total. The van der Waals surface area contributed by atoms with Crippen molar-refractivity contribution in [1.82, 2.24) is 5.01 Å². The number of benzene rings is 2. The molecule has 1 saturated heterocycles. The Bertz CT molecular complexity index is 750. The molecule has 0 bridgehead atoms. The zero-order chi connectivity index (χ0) is 17.8. The van der Waals surface area contributed by atoms with Crippen molar-refractivity contribution >= 4 is 5.84 Å². The fraction of sp³-hybridized carbons (Fsp3) is 0.381. The summed E-state index contributed by atoms with van der Waals surface area (Å²) in [5.74, 6) is 7.69. The highest BCUT2D eigenvalue weighted by molar-refractivity contribution is 5.99. The first-order chi connectivity index (χ1) is 12.8. The molecule has 1 unspecified atom stereocenters. The lowest BCUT2D eigenvalue weighted by Gasteiger charge is -2.23. The quantitative estimate of drug-likeness (QED) is 0.841. The summed E-state index contributed by atoms with van der Waals surface area (Å²) in [6.45, 7) is 2.36. The first kappa shape index (κ1) is 17.1. The lowest BCUT2D eigenvalue weighted by Crippen LogP contribution is -2.34. The fourth-order valence-electron chi connectivity index (χ4n) is 3.37. The first-order valence-electron chi connectivity index (χ1n) is 9.31. The van der Waals surface area contributed by atoms with E-state index in [1.807, 2.05) is 12.1 Å². The molecule has 2 N–H and O–H groups in total. The normalized spacial score (nSPS) is 20.1. The van der Waals surface area contributed by atoms with Crippen LogP contribution in [0.3, 0.4) is 0 Å². The zero-order valence-corrected chi connectivity index (χ0v) is 14.9. The number of nitrogens with two attached hydrogens (primary N) is 1. The molecule has 136 valence electrons. The zero-order valence-electron chi connectivity index (χ0n) is 14.9. The van der Waals surface area contributed by atoms with Gasteiger partial charge in [-0.3, -0.25) is 10.0 Å². The number of amidine groups is 1. The van der Waals surface area contributed by atoms with E-state index in [0.717, 1.165) is 56.1 Å². The number of hydrogen-bond acceptors (Lipinski definition) is 5. The van der Waals surface area contributed by atoms with E-state index in [1.165, 1.54) is 17.5 Å². The maximum Gasteiger partial charge on any atom is 0.199 e. The summed E-state index contributed by atoms with van der Waals surface area (Å²) < 4.78 is 11.5. The molecule has 0 aliphatic carbocycles. The van der Waals surface area contributed by atoms with Gasteiger partial charge in [-0.1, -0.05) is 36.4 Å². The highest BCUT2D eigenvalue weighted by Gasteiger charge is 2.16. The Morgan fingerprint density at radius 2 is 1.77 bits per heavy atom. The van der Waals surface area contributed by atoms with Gasteiger partial charge in [0.25, 0.3) is 0 Å². The van der Waals surface area contributed by atoms with Crippen LogP contribution in [0.1, 0.15) is 36.0 Å². The molecule has 2 aromatic rings. The van der Waals surface area contributed by atoms with Crippen LogP contribution >= 0.6 is 0 Å². The third-order valence-corrected chi connectivity index (χ3v) is 4.82. The largest absolute Gasteiger partial charge is 0.465 e. The molecule has 26 heavy (non-hydrogen) atoms. The average molecular weight is 351 g/mol. The minimum atomic E-state index is -0.0947. The summed E-state index contributed by atoms with van der Waals surface area (Å²) in [5, 5.41) is 1.71. The molecule has 0 spiro atoms. The summed E-state index contributed by atoms with van der Waals surface area (Å²) in [6.07, 6.45) is 4.07. The Morgan fingerprint density at radius 1 is 1.04 bits per heavy atom. The van der Waals surface area contributed by atoms with Crippen LogP contribution in [0.25, 0.3) is 0 Å². The van der Waals surface area contributed by atoms with Gasteiger partial charge in [0.15, 0.2) is 6.29 Å². The van der Waals surface area contributed by atoms with E-state index in [1.54, 1.807) is 5.01 Å². The van der Waals surface area contributed by atoms with Crippen molar-refractivity contribution < 1.29 is 9.47 Å². The van der Waals surface area contributed by atoms with E-state index < -0.39 is 0 Å². The Morgan fingerprint density at radius 3 is 2.38 bits per heavy atom. The number of rotatable bonds is 5. The summed E-state index contributed by atoms with van der Waals surface area (Å²) in [4.78, 5) is 4.45. The number of nitrogens with zero attached hydrogens (tertiary/aromatic N) is 2. The lowest BCUT2D eigenvalue weighted by molar-refractivity contribution is -0.105. The van der Waals surface area contributed by atoms with Crippen LogP contribution in [0, 0.1) is 0 Å². The second kappa shape index (κ2) is 7.89. The van der Waals surface area contributed by atoms with Gasteiger partial charge in [-0.2, -0.15) is 0 Å². The number of aliphatic imine (C=N–C) groups is 1. The van der Waals surface area contributed by atoms with Crippen molar-refractivity contribution in [3.05, 3.63) is 65.2 Å². The second-order valence-electron chi connectivity index (χ2n) is 6.83. The van der Waals surface area contributed by atoms with Crippen LogP contribution in [-0.2, 0) is 11.2 Å². The minimum Gasteiger partial charge on any atom is -0.465 e. The lowest BCUT2D eigenvalue weighted by atomic mass is 10.0. The van der Waals surface area contributed by atoms with Gasteiger partial charge < -0.3 is 9.47 Å². The van der Waals surface area contributed by atoms with Gasteiger partial charge in [-0.05, 0) is 42.5 Å². The van der Waals surface area contributed by atoms with E-state index in [0.29, 0.717) is 0 Å². The molecule has 5 heteroatoms. The molecule has 1 atom stereocenters. The second-order valence-corrected chi connectivity index (χ2v) is 6.83. The molecule has 2 heterocycles. The van der Waals surface area contributed by atoms with Crippen LogP contribution in [0.4, 0.5) is 0 Å². The molecule has 0 aromatic heterocycles. The van der Waals surface area contributed by atoms with Crippen molar-refractivity contribution in [2.24, 2.45) is 10.8 Å². The van der Waals surface area contributed by atoms with Gasteiger partial charge in [0.1, 0.15) is 11.6 Å². The number of hydrazine groups is 1. The molecule has 0 radical (unpaired) electrons. The summed E-state index contributed by atoms with van der Waals surface area (Å²) in [5.41, 5.74) is 3.60. The number of hydrogen-bond donors (Lipinski definition) is 1. The summed E-state index contributed by atoms with van der Waals surface area (Å²) >= 11 is 0. The van der Waals surface area contributed by atoms with Crippen LogP contribution in [-0.4, -0.2) is 36.8 Å². The highest BCUT2D eigenvalue weighted by atomic mass is 16.7. The van der Waals surface area contributed by atoms with Gasteiger partial charge in [0.2, 0.25) is 0 Å². The van der Waals surface area contributed by atoms with E-state index in [4.69, 9.17) is 15.3 Å². The first-order valence-corrected chi connectivity index (χ1v) is 9.31. The Balaban J connectivity index is 1.36. The molecular formula is C21H25N3O2. The van der Waals surface area contributed by atoms with E-state index in [-0.39, 0.29) is 6.29 Å². The maximum absolute atomic E-state index is 5.94. The van der Waals surface area contributed by atoms with Crippen LogP contribution in [0.2, 0.25) is 0 Å². The Labute approximate surface area is 154 Å². The van der Waals surface area contributed by atoms with Crippen LogP contribution in [0.15, 0.2) is 53.5 Å². The molecule has 4 rings (SSSR count). The van der Waals surface area contributed by atoms with Gasteiger partial charge in [0.05, 0.1) is 19.7 Å². The van der Waals surface area contributed by atoms with E-state index >= 15 is 0 Å². The van der Waals surface area contributed by atoms with Crippen molar-refractivity contribution in [3.63, 3.8) is 0 Å². The van der Waals surface area contributed by atoms with Gasteiger partial charge in [-0.15, -0.1) is 0 Å². The van der Waals surface area contributed by atoms with Crippen LogP contribution in [0.5, 0.6) is 5.75 Å². The maximum atomic E-state index is 5.94. The third kappa shape index (κ3) is 4.06. The molecular weight excluding hydrogens is 326 g/mol. The monoisotopic (exact) mass is 351 g/mol. The fourth-order valence-corrected chi connectivity index (χ4v) is 3.37. The van der Waals surface area contributed by atoms with Crippen molar-refractivity contribution in [1.29, 1.82) is 0 Å². The number of ether oxygens (including phenoxy) is 2. The minimum absolute atomic E-state index is 0.0947. The molecule has 2 aromatic carbocycles. The van der Waals surface area contributed by atoms with E-state index in [9.17, 15) is 0 Å². The molecule has 1 fully saturated rings. The molecule has 2 aliphatic rings. The van der Waals surface area contributed by atoms with Crippen molar-refractivity contribution in [2.45, 2.75) is 32.0 Å². The standard InChI is InChI=1S/C21H25N3O2/c22-24-13-12-23-21(24)18-8-4-16(5-9-18)15-17-6-10-19(11-7-17)26-20-3-1-2-14-25-20/h4-11,20H,1-3,12-15,22H2. The average Bonchev–Trinajstić information content (AvgIpc) is 3.11. The third-order valence-electron chi connectivity index (χ3n) is 4.82. The van der Waals surface area contributed by atoms with Crippen molar-refractivity contribution in [2.75, 3.05) is 19.7 Å². The Hall–Kier alpha value is -2.37. The predicted octanol–water partition coefficient (Wildman–Crippen LogP) is 3.12. The topological polar surface area (TPSA) is 60.1 Å². The molecule has 0 amide bonds. The Kier molecular flexibility index (Phi) is 5.18. The smallest absolute Gasteiger partial charge is 0.199 e. The van der Waals surface area contributed by atoms with Gasteiger partial charge in [0, 0.05) is 12.0 Å². The molecule has 0 saturated carbocycles.